The van der Waals surface area contributed by atoms with Gasteiger partial charge in [0.25, 0.3) is 0 Å². The van der Waals surface area contributed by atoms with Crippen LogP contribution in [0.2, 0.25) is 0 Å². The van der Waals surface area contributed by atoms with E-state index in [1.165, 1.54) is 0 Å². The normalized spacial score (nSPS) is 12.0. The number of hydrogen-bond donors (Lipinski definition) is 2. The van der Waals surface area contributed by atoms with Crippen molar-refractivity contribution < 1.29 is 14.0 Å². The summed E-state index contributed by atoms with van der Waals surface area (Å²) in [6, 6.07) is 8.92. The van der Waals surface area contributed by atoms with Crippen molar-refractivity contribution in [2.45, 2.75) is 39.2 Å². The van der Waals surface area contributed by atoms with Gasteiger partial charge in [-0.3, -0.25) is 9.59 Å². The van der Waals surface area contributed by atoms with Gasteiger partial charge in [0.15, 0.2) is 0 Å². The van der Waals surface area contributed by atoms with Gasteiger partial charge < -0.3 is 15.1 Å². The molecule has 0 spiro atoms. The van der Waals surface area contributed by atoms with E-state index in [-0.39, 0.29) is 18.2 Å². The summed E-state index contributed by atoms with van der Waals surface area (Å²) in [6.07, 6.45) is 1.10. The number of likely N-dealkylation sites (N-methyl/N-ethyl adjacent to an activating group) is 1. The summed E-state index contributed by atoms with van der Waals surface area (Å²) in [7, 11) is 1.56. The van der Waals surface area contributed by atoms with Crippen LogP contribution in [0.1, 0.15) is 32.6 Å². The number of nitrogens with one attached hydrogen (secondary N) is 2. The highest BCUT2D eigenvalue weighted by Gasteiger charge is 2.21. The molecule has 25 heavy (non-hydrogen) atoms. The summed E-state index contributed by atoms with van der Waals surface area (Å²) in [6.45, 7) is 4.01. The molecule has 2 aromatic rings. The first kappa shape index (κ1) is 18.6. The fourth-order valence-corrected chi connectivity index (χ4v) is 2.42. The fraction of sp³-hybridized carbons (Fsp3) is 0.444. The molecule has 0 saturated carbocycles. The number of hydrogen-bond acceptors (Lipinski definition) is 5. The third-order valence-electron chi connectivity index (χ3n) is 3.66. The number of carbonyl (C=O) groups is 2. The maximum absolute atomic E-state index is 12.1. The number of aryl methyl sites for hydroxylation is 1. The Balaban J connectivity index is 1.89. The molecule has 2 rings (SSSR count). The minimum absolute atomic E-state index is 0.183. The van der Waals surface area contributed by atoms with Gasteiger partial charge in [-0.25, -0.2) is 0 Å². The second-order valence-corrected chi connectivity index (χ2v) is 6.23. The van der Waals surface area contributed by atoms with E-state index in [4.69, 9.17) is 4.42 Å². The van der Waals surface area contributed by atoms with Crippen molar-refractivity contribution in [3.05, 3.63) is 36.2 Å². The summed E-state index contributed by atoms with van der Waals surface area (Å²) in [5.41, 5.74) is 0.835. The zero-order chi connectivity index (χ0) is 18.2. The molecule has 7 nitrogen and oxygen atoms in total. The summed E-state index contributed by atoms with van der Waals surface area (Å²) in [4.78, 5) is 24.0. The molecule has 134 valence electrons. The SMILES string of the molecule is CNC(=O)[C@@H](CC(C)C)NC(=O)CCc1nnc(-c2ccccc2)o1. The summed E-state index contributed by atoms with van der Waals surface area (Å²) in [5, 5.41) is 13.3. The first-order valence-corrected chi connectivity index (χ1v) is 8.38. The average Bonchev–Trinajstić information content (AvgIpc) is 3.08. The van der Waals surface area contributed by atoms with Gasteiger partial charge in [-0.15, -0.1) is 10.2 Å². The molecular weight excluding hydrogens is 320 g/mol. The van der Waals surface area contributed by atoms with E-state index in [2.05, 4.69) is 20.8 Å². The summed E-state index contributed by atoms with van der Waals surface area (Å²) in [5.74, 6) is 0.722. The van der Waals surface area contributed by atoms with Crippen LogP contribution in [0.15, 0.2) is 34.7 Å². The molecule has 0 aliphatic carbocycles. The molecule has 0 fully saturated rings. The molecule has 2 N–H and O–H groups in total. The molecule has 0 unspecified atom stereocenters. The van der Waals surface area contributed by atoms with Crippen molar-refractivity contribution in [2.75, 3.05) is 7.05 Å². The molecule has 0 aliphatic heterocycles. The predicted octanol–water partition coefficient (Wildman–Crippen LogP) is 1.95. The lowest BCUT2D eigenvalue weighted by Crippen LogP contribution is -2.46. The standard InChI is InChI=1S/C18H24N4O3/c1-12(2)11-14(17(24)19-3)20-15(23)9-10-16-21-22-18(25-16)13-7-5-4-6-8-13/h4-8,12,14H,9-11H2,1-3H3,(H,19,24)(H,20,23)/t14-/m1/s1. The van der Waals surface area contributed by atoms with Crippen LogP contribution in [0.3, 0.4) is 0 Å². The Morgan fingerprint density at radius 3 is 2.52 bits per heavy atom. The molecule has 7 heteroatoms. The van der Waals surface area contributed by atoms with E-state index < -0.39 is 6.04 Å². The van der Waals surface area contributed by atoms with E-state index in [9.17, 15) is 9.59 Å². The Hall–Kier alpha value is -2.70. The lowest BCUT2D eigenvalue weighted by molar-refractivity contribution is -0.129. The van der Waals surface area contributed by atoms with Crippen LogP contribution in [-0.4, -0.2) is 35.1 Å². The van der Waals surface area contributed by atoms with E-state index in [0.29, 0.717) is 30.5 Å². The lowest BCUT2D eigenvalue weighted by Gasteiger charge is -2.18. The van der Waals surface area contributed by atoms with Crippen LogP contribution < -0.4 is 10.6 Å². The molecular formula is C18H24N4O3. The third-order valence-corrected chi connectivity index (χ3v) is 3.66. The monoisotopic (exact) mass is 344 g/mol. The number of nitrogens with zero attached hydrogens (tertiary/aromatic N) is 2. The number of carbonyl (C=O) groups excluding carboxylic acids is 2. The van der Waals surface area contributed by atoms with Gasteiger partial charge in [0.05, 0.1) is 0 Å². The Morgan fingerprint density at radius 1 is 1.16 bits per heavy atom. The molecule has 0 saturated heterocycles. The zero-order valence-electron chi connectivity index (χ0n) is 14.8. The topological polar surface area (TPSA) is 97.1 Å². The smallest absolute Gasteiger partial charge is 0.247 e. The molecule has 0 radical (unpaired) electrons. The number of aromatic nitrogens is 2. The Bertz CT molecular complexity index is 697. The number of amides is 2. The molecule has 0 aliphatic rings. The highest BCUT2D eigenvalue weighted by atomic mass is 16.4. The fourth-order valence-electron chi connectivity index (χ4n) is 2.42. The van der Waals surface area contributed by atoms with Crippen LogP contribution in [0, 0.1) is 5.92 Å². The van der Waals surface area contributed by atoms with Gasteiger partial charge in [-0.2, -0.15) is 0 Å². The van der Waals surface area contributed by atoms with E-state index in [1.54, 1.807) is 7.05 Å². The van der Waals surface area contributed by atoms with Gasteiger partial charge in [0, 0.05) is 25.5 Å². The first-order valence-electron chi connectivity index (χ1n) is 8.38. The highest BCUT2D eigenvalue weighted by Crippen LogP contribution is 2.17. The van der Waals surface area contributed by atoms with Crippen molar-refractivity contribution in [3.63, 3.8) is 0 Å². The predicted molar refractivity (Wildman–Crippen MR) is 93.5 cm³/mol. The highest BCUT2D eigenvalue weighted by molar-refractivity contribution is 5.87. The molecule has 1 aromatic carbocycles. The Kier molecular flexibility index (Phi) is 6.68. The minimum atomic E-state index is -0.528. The number of rotatable bonds is 8. The summed E-state index contributed by atoms with van der Waals surface area (Å²) < 4.78 is 5.58. The van der Waals surface area contributed by atoms with Crippen molar-refractivity contribution in [3.8, 4) is 11.5 Å². The Morgan fingerprint density at radius 2 is 1.88 bits per heavy atom. The zero-order valence-corrected chi connectivity index (χ0v) is 14.8. The van der Waals surface area contributed by atoms with Gasteiger partial charge in [0.2, 0.25) is 23.6 Å². The van der Waals surface area contributed by atoms with Crippen molar-refractivity contribution in [1.29, 1.82) is 0 Å². The van der Waals surface area contributed by atoms with Crippen LogP contribution in [-0.2, 0) is 16.0 Å². The van der Waals surface area contributed by atoms with Crippen LogP contribution in [0.25, 0.3) is 11.5 Å². The minimum Gasteiger partial charge on any atom is -0.421 e. The molecule has 2 amide bonds. The quantitative estimate of drug-likeness (QED) is 0.763. The summed E-state index contributed by atoms with van der Waals surface area (Å²) >= 11 is 0. The average molecular weight is 344 g/mol. The molecule has 1 atom stereocenters. The molecule has 1 aromatic heterocycles. The lowest BCUT2D eigenvalue weighted by atomic mass is 10.0. The van der Waals surface area contributed by atoms with Crippen LogP contribution >= 0.6 is 0 Å². The molecule has 0 bridgehead atoms. The van der Waals surface area contributed by atoms with Crippen LogP contribution in [0.4, 0.5) is 0 Å². The van der Waals surface area contributed by atoms with Gasteiger partial charge in [-0.1, -0.05) is 32.0 Å². The van der Waals surface area contributed by atoms with E-state index in [0.717, 1.165) is 5.56 Å². The van der Waals surface area contributed by atoms with Crippen molar-refractivity contribution >= 4 is 11.8 Å². The molecule has 1 heterocycles. The second kappa shape index (κ2) is 8.96. The van der Waals surface area contributed by atoms with Crippen molar-refractivity contribution in [2.24, 2.45) is 5.92 Å². The maximum Gasteiger partial charge on any atom is 0.247 e. The van der Waals surface area contributed by atoms with Crippen LogP contribution in [0.5, 0.6) is 0 Å². The first-order chi connectivity index (χ1) is 12.0. The van der Waals surface area contributed by atoms with E-state index >= 15 is 0 Å². The van der Waals surface area contributed by atoms with E-state index in [1.807, 2.05) is 44.2 Å². The maximum atomic E-state index is 12.1. The van der Waals surface area contributed by atoms with Gasteiger partial charge in [-0.05, 0) is 24.5 Å². The largest absolute Gasteiger partial charge is 0.421 e. The Labute approximate surface area is 147 Å². The van der Waals surface area contributed by atoms with Crippen molar-refractivity contribution in [1.82, 2.24) is 20.8 Å². The second-order valence-electron chi connectivity index (χ2n) is 6.23. The van der Waals surface area contributed by atoms with Gasteiger partial charge in [0.1, 0.15) is 6.04 Å². The third kappa shape index (κ3) is 5.70. The van der Waals surface area contributed by atoms with Gasteiger partial charge >= 0.3 is 0 Å². The number of benzene rings is 1.